The lowest BCUT2D eigenvalue weighted by atomic mass is 10.2. The topological polar surface area (TPSA) is 102 Å². The van der Waals surface area contributed by atoms with Gasteiger partial charge in [-0.25, -0.2) is 4.98 Å². The van der Waals surface area contributed by atoms with Crippen LogP contribution in [0.1, 0.15) is 0 Å². The van der Waals surface area contributed by atoms with Crippen LogP contribution in [0.3, 0.4) is 0 Å². The number of benzene rings is 1. The van der Waals surface area contributed by atoms with Gasteiger partial charge in [0.15, 0.2) is 17.2 Å². The van der Waals surface area contributed by atoms with Crippen molar-refractivity contribution in [3.63, 3.8) is 0 Å². The van der Waals surface area contributed by atoms with Gasteiger partial charge in [-0.05, 0) is 12.1 Å². The second-order valence-corrected chi connectivity index (χ2v) is 6.61. The summed E-state index contributed by atoms with van der Waals surface area (Å²) in [5, 5.41) is 14.5. The highest BCUT2D eigenvalue weighted by Gasteiger charge is 2.16. The van der Waals surface area contributed by atoms with Crippen molar-refractivity contribution in [3.05, 3.63) is 51.9 Å². The number of aryl methyl sites for hydroxylation is 2. The number of H-pyrrole nitrogens is 1. The molecule has 4 aromatic rings. The van der Waals surface area contributed by atoms with E-state index in [2.05, 4.69) is 25.8 Å². The average molecular weight is 400 g/mol. The molecule has 0 saturated carbocycles. The molecule has 3 heterocycles. The highest BCUT2D eigenvalue weighted by Crippen LogP contribution is 2.36. The van der Waals surface area contributed by atoms with Crippen molar-refractivity contribution >= 4 is 45.6 Å². The third-order valence-corrected chi connectivity index (χ3v) is 4.52. The van der Waals surface area contributed by atoms with Crippen molar-refractivity contribution in [2.75, 3.05) is 17.7 Å². The van der Waals surface area contributed by atoms with Crippen molar-refractivity contribution < 1.29 is 4.74 Å². The van der Waals surface area contributed by atoms with Crippen LogP contribution in [0.4, 0.5) is 23.0 Å². The van der Waals surface area contributed by atoms with Gasteiger partial charge >= 0.3 is 0 Å². The first kappa shape index (κ1) is 17.9. The number of aromatic amines is 1. The lowest BCUT2D eigenvalue weighted by Crippen LogP contribution is -2.12. The molecule has 0 spiro atoms. The fourth-order valence-corrected chi connectivity index (χ4v) is 3.21. The maximum absolute atomic E-state index is 12.6. The number of nitrogens with one attached hydrogen (secondary N) is 3. The Bertz CT molecular complexity index is 1220. The van der Waals surface area contributed by atoms with E-state index in [0.29, 0.717) is 44.8 Å². The van der Waals surface area contributed by atoms with Crippen molar-refractivity contribution in [2.45, 2.75) is 0 Å². The number of hydrogen-bond acceptors (Lipinski definition) is 6. The molecule has 0 amide bonds. The van der Waals surface area contributed by atoms with Gasteiger partial charge in [-0.2, -0.15) is 5.10 Å². The molecule has 0 aliphatic carbocycles. The summed E-state index contributed by atoms with van der Waals surface area (Å²) in [5.74, 6) is 1.65. The highest BCUT2D eigenvalue weighted by atomic mass is 35.5. The predicted octanol–water partition coefficient (Wildman–Crippen LogP) is 3.14. The van der Waals surface area contributed by atoms with E-state index in [1.807, 2.05) is 25.4 Å². The van der Waals surface area contributed by atoms with Crippen LogP contribution >= 0.6 is 11.6 Å². The van der Waals surface area contributed by atoms with Crippen LogP contribution in [0.2, 0.25) is 5.02 Å². The van der Waals surface area contributed by atoms with E-state index in [1.165, 1.54) is 11.8 Å². The zero-order chi connectivity index (χ0) is 19.8. The van der Waals surface area contributed by atoms with Gasteiger partial charge in [-0.3, -0.25) is 19.3 Å². The van der Waals surface area contributed by atoms with E-state index in [1.54, 1.807) is 29.9 Å². The fraction of sp³-hybridized carbons (Fsp3) is 0.167. The minimum Gasteiger partial charge on any atom is -0.493 e. The maximum atomic E-state index is 12.6. The van der Waals surface area contributed by atoms with Crippen molar-refractivity contribution in [1.29, 1.82) is 0 Å². The summed E-state index contributed by atoms with van der Waals surface area (Å²) in [5.41, 5.74) is 1.44. The molecule has 0 unspecified atom stereocenters. The van der Waals surface area contributed by atoms with E-state index < -0.39 is 0 Å². The van der Waals surface area contributed by atoms with Crippen LogP contribution in [0.15, 0.2) is 41.3 Å². The summed E-state index contributed by atoms with van der Waals surface area (Å²) < 4.78 is 8.45. The Morgan fingerprint density at radius 2 is 1.96 bits per heavy atom. The highest BCUT2D eigenvalue weighted by molar-refractivity contribution is 6.32. The number of ether oxygens (including phenoxy) is 1. The molecule has 0 saturated heterocycles. The molecule has 9 nitrogen and oxygen atoms in total. The third-order valence-electron chi connectivity index (χ3n) is 4.22. The first-order chi connectivity index (χ1) is 13.5. The molecule has 10 heteroatoms. The number of hydrogen-bond donors (Lipinski definition) is 3. The second-order valence-electron chi connectivity index (χ2n) is 6.20. The summed E-state index contributed by atoms with van der Waals surface area (Å²) in [4.78, 5) is 17.1. The van der Waals surface area contributed by atoms with Crippen molar-refractivity contribution in [2.24, 2.45) is 14.1 Å². The monoisotopic (exact) mass is 399 g/mol. The Morgan fingerprint density at radius 3 is 2.68 bits per heavy atom. The van der Waals surface area contributed by atoms with E-state index in [4.69, 9.17) is 16.3 Å². The van der Waals surface area contributed by atoms with Crippen LogP contribution in [-0.4, -0.2) is 31.7 Å². The Morgan fingerprint density at radius 1 is 1.14 bits per heavy atom. The molecule has 3 N–H and O–H groups in total. The summed E-state index contributed by atoms with van der Waals surface area (Å²) in [6.45, 7) is 0. The number of pyridine rings is 1. The van der Waals surface area contributed by atoms with Gasteiger partial charge in [-0.1, -0.05) is 17.7 Å². The molecule has 0 fully saturated rings. The summed E-state index contributed by atoms with van der Waals surface area (Å²) >= 11 is 6.22. The average Bonchev–Trinajstić information content (AvgIpc) is 3.18. The third kappa shape index (κ3) is 3.16. The van der Waals surface area contributed by atoms with E-state index in [-0.39, 0.29) is 5.56 Å². The summed E-state index contributed by atoms with van der Waals surface area (Å²) in [6.07, 6.45) is 1.82. The molecule has 28 heavy (non-hydrogen) atoms. The lowest BCUT2D eigenvalue weighted by Gasteiger charge is -2.13. The first-order valence-corrected chi connectivity index (χ1v) is 8.80. The van der Waals surface area contributed by atoms with Gasteiger partial charge in [0.25, 0.3) is 5.56 Å². The SMILES string of the molecule is COc1c(Cl)cccc1Nc1cc(Nc2ccn(C)n2)nc2[nH]n(C)c(=O)c12. The van der Waals surface area contributed by atoms with Crippen molar-refractivity contribution in [1.82, 2.24) is 24.5 Å². The van der Waals surface area contributed by atoms with Crippen LogP contribution in [0.5, 0.6) is 5.75 Å². The number of fused-ring (bicyclic) bond motifs is 1. The van der Waals surface area contributed by atoms with Gasteiger partial charge in [0.05, 0.1) is 23.5 Å². The quantitative estimate of drug-likeness (QED) is 0.476. The Kier molecular flexibility index (Phi) is 4.44. The summed E-state index contributed by atoms with van der Waals surface area (Å²) in [6, 6.07) is 8.92. The van der Waals surface area contributed by atoms with Crippen LogP contribution in [-0.2, 0) is 14.1 Å². The molecule has 0 radical (unpaired) electrons. The van der Waals surface area contributed by atoms with Crippen LogP contribution in [0.25, 0.3) is 11.0 Å². The van der Waals surface area contributed by atoms with Crippen molar-refractivity contribution in [3.8, 4) is 5.75 Å². The van der Waals surface area contributed by atoms with E-state index in [0.717, 1.165) is 0 Å². The van der Waals surface area contributed by atoms with Gasteiger partial charge in [0.1, 0.15) is 11.2 Å². The second kappa shape index (κ2) is 6.93. The minimum atomic E-state index is -0.199. The number of anilines is 4. The smallest absolute Gasteiger partial charge is 0.277 e. The Balaban J connectivity index is 1.83. The van der Waals surface area contributed by atoms with Crippen LogP contribution in [0, 0.1) is 0 Å². The zero-order valence-electron chi connectivity index (χ0n) is 15.4. The van der Waals surface area contributed by atoms with Crippen LogP contribution < -0.4 is 20.9 Å². The molecule has 1 aromatic carbocycles. The zero-order valence-corrected chi connectivity index (χ0v) is 16.2. The van der Waals surface area contributed by atoms with Gasteiger partial charge in [-0.15, -0.1) is 0 Å². The van der Waals surface area contributed by atoms with Gasteiger partial charge < -0.3 is 15.4 Å². The molecular weight excluding hydrogens is 382 g/mol. The number of aromatic nitrogens is 5. The molecule has 144 valence electrons. The molecular formula is C18H18ClN7O2. The fourth-order valence-electron chi connectivity index (χ4n) is 2.96. The number of methoxy groups -OCH3 is 1. The largest absolute Gasteiger partial charge is 0.493 e. The van der Waals surface area contributed by atoms with E-state index >= 15 is 0 Å². The molecule has 0 aliphatic heterocycles. The molecule has 0 bridgehead atoms. The number of rotatable bonds is 5. The van der Waals surface area contributed by atoms with Gasteiger partial charge in [0, 0.05) is 32.4 Å². The predicted molar refractivity (Wildman–Crippen MR) is 109 cm³/mol. The maximum Gasteiger partial charge on any atom is 0.277 e. The first-order valence-electron chi connectivity index (χ1n) is 8.42. The molecule has 3 aromatic heterocycles. The van der Waals surface area contributed by atoms with E-state index in [9.17, 15) is 4.79 Å². The molecule has 4 rings (SSSR count). The number of halogens is 1. The Hall–Kier alpha value is -3.46. The minimum absolute atomic E-state index is 0.199. The Labute approximate surface area is 164 Å². The summed E-state index contributed by atoms with van der Waals surface area (Å²) in [7, 11) is 5.01. The number of nitrogens with zero attached hydrogens (tertiary/aromatic N) is 4. The van der Waals surface area contributed by atoms with Gasteiger partial charge in [0.2, 0.25) is 0 Å². The standard InChI is InChI=1S/C18H18ClN7O2/c1-25-8-7-13(23-25)21-14-9-12(15-17(22-14)24-26(2)18(15)27)20-11-6-4-5-10(19)16(11)28-3/h4-9H,1-3H3,(H3,20,21,22,23,24). The lowest BCUT2D eigenvalue weighted by molar-refractivity contribution is 0.417. The molecule has 0 atom stereocenters. The number of para-hydroxylation sites is 1. The normalized spacial score (nSPS) is 11.0. The molecule has 0 aliphatic rings.